The molecule has 2 N–H and O–H groups in total. The van der Waals surface area contributed by atoms with Crippen molar-refractivity contribution in [2.45, 2.75) is 86.8 Å². The van der Waals surface area contributed by atoms with E-state index in [1.54, 1.807) is 12.1 Å². The topological polar surface area (TPSA) is 89.5 Å². The fourth-order valence-corrected chi connectivity index (χ4v) is 9.25. The maximum atomic E-state index is 13.5. The maximum absolute atomic E-state index is 13.5. The van der Waals surface area contributed by atoms with Crippen LogP contribution in [-0.4, -0.2) is 45.3 Å². The van der Waals surface area contributed by atoms with E-state index in [0.717, 1.165) is 40.2 Å². The lowest BCUT2D eigenvalue weighted by atomic mass is 9.71. The molecule has 1 heterocycles. The molecule has 4 aromatic rings. The first kappa shape index (κ1) is 40.8. The Bertz CT molecular complexity index is 1700. The lowest BCUT2D eigenvalue weighted by molar-refractivity contribution is 0.0000671. The molecule has 0 saturated heterocycles. The number of rotatable bonds is 14. The van der Waals surface area contributed by atoms with Crippen LogP contribution in [0.2, 0.25) is 5.02 Å². The minimum Gasteiger partial charge on any atom is -0.465 e. The molecule has 7 nitrogen and oxygen atoms in total. The summed E-state index contributed by atoms with van der Waals surface area (Å²) in [5.41, 5.74) is 2.56. The highest BCUT2D eigenvalue weighted by Gasteiger charge is 2.42. The number of carbonyl (C=O) groups is 2. The Morgan fingerprint density at radius 1 is 0.865 bits per heavy atom. The molecule has 0 aliphatic heterocycles. The predicted octanol–water partition coefficient (Wildman–Crippen LogP) is 8.74. The number of anilines is 1. The minimum atomic E-state index is -1.68. The fraction of sp³-hybridized carbons (Fsp3) is 0.419. The van der Waals surface area contributed by atoms with Crippen molar-refractivity contribution in [3.63, 3.8) is 0 Å². The summed E-state index contributed by atoms with van der Waals surface area (Å²) in [6, 6.07) is 29.8. The fourth-order valence-electron chi connectivity index (χ4n) is 6.59. The largest absolute Gasteiger partial charge is 0.465 e. The third-order valence-electron chi connectivity index (χ3n) is 9.36. The molecule has 1 aromatic heterocycles. The third-order valence-corrected chi connectivity index (χ3v) is 11.9. The SMILES string of the molecule is COC(=O)c1ccc(NC(=O)NC(C)C(C(C)Cc2ccc(CCC(C)(C)C)c(Cl)c2)C(O[Si](c2ccccc2)c2ccccc2)C(C)(C)C)nc1. The summed E-state index contributed by atoms with van der Waals surface area (Å²) in [4.78, 5) is 29.7. The van der Waals surface area contributed by atoms with Gasteiger partial charge in [-0.25, -0.2) is 14.6 Å². The number of benzene rings is 3. The van der Waals surface area contributed by atoms with Gasteiger partial charge in [0.05, 0.1) is 18.8 Å². The van der Waals surface area contributed by atoms with Crippen LogP contribution in [0.15, 0.2) is 97.2 Å². The van der Waals surface area contributed by atoms with E-state index in [0.29, 0.717) is 11.4 Å². The van der Waals surface area contributed by atoms with Gasteiger partial charge in [0.1, 0.15) is 5.82 Å². The zero-order valence-corrected chi connectivity index (χ0v) is 33.9. The van der Waals surface area contributed by atoms with Gasteiger partial charge in [0.2, 0.25) is 0 Å². The molecular weight excluding hydrogens is 686 g/mol. The number of urea groups is 1. The Kier molecular flexibility index (Phi) is 14.3. The second-order valence-corrected chi connectivity index (χ2v) is 18.5. The lowest BCUT2D eigenvalue weighted by Crippen LogP contribution is -2.56. The summed E-state index contributed by atoms with van der Waals surface area (Å²) >= 11 is 6.89. The number of hydrogen-bond donors (Lipinski definition) is 2. The Balaban J connectivity index is 1.67. The van der Waals surface area contributed by atoms with Gasteiger partial charge in [-0.05, 0) is 82.6 Å². The van der Waals surface area contributed by atoms with Gasteiger partial charge in [-0.2, -0.15) is 0 Å². The minimum absolute atomic E-state index is 0.0864. The molecular formula is C43H55ClN3O4Si. The summed E-state index contributed by atoms with van der Waals surface area (Å²) in [6.45, 7) is 17.7. The molecule has 1 radical (unpaired) electrons. The summed E-state index contributed by atoms with van der Waals surface area (Å²) < 4.78 is 12.2. The molecule has 0 bridgehead atoms. The highest BCUT2D eigenvalue weighted by atomic mass is 35.5. The van der Waals surface area contributed by atoms with Gasteiger partial charge < -0.3 is 14.5 Å². The van der Waals surface area contributed by atoms with Crippen molar-refractivity contribution in [1.29, 1.82) is 0 Å². The molecule has 277 valence electrons. The summed E-state index contributed by atoms with van der Waals surface area (Å²) in [5, 5.41) is 9.19. The Morgan fingerprint density at radius 3 is 1.98 bits per heavy atom. The van der Waals surface area contributed by atoms with Crippen LogP contribution in [0.25, 0.3) is 0 Å². The second-order valence-electron chi connectivity index (χ2n) is 16.0. The number of aryl methyl sites for hydroxylation is 1. The van der Waals surface area contributed by atoms with E-state index in [4.69, 9.17) is 20.8 Å². The van der Waals surface area contributed by atoms with Crippen molar-refractivity contribution in [1.82, 2.24) is 10.3 Å². The van der Waals surface area contributed by atoms with Crippen molar-refractivity contribution in [2.75, 3.05) is 12.4 Å². The highest BCUT2D eigenvalue weighted by Crippen LogP contribution is 2.37. The van der Waals surface area contributed by atoms with Crippen molar-refractivity contribution in [3.05, 3.63) is 119 Å². The smallest absolute Gasteiger partial charge is 0.339 e. The lowest BCUT2D eigenvalue weighted by Gasteiger charge is -2.44. The molecule has 52 heavy (non-hydrogen) atoms. The van der Waals surface area contributed by atoms with Crippen LogP contribution < -0.4 is 21.0 Å². The van der Waals surface area contributed by atoms with Gasteiger partial charge in [-0.15, -0.1) is 0 Å². The van der Waals surface area contributed by atoms with Gasteiger partial charge in [0, 0.05) is 23.2 Å². The van der Waals surface area contributed by atoms with Crippen molar-refractivity contribution < 1.29 is 18.8 Å². The standard InChI is InChI=1S/C43H55ClN3O4Si/c1-29(26-31-20-21-32(36(44)27-31)24-25-42(3,4)5)38(30(2)46-41(49)47-37-23-22-33(28-45-37)40(48)50-9)39(43(6,7)8)51-52(34-16-12-10-13-17-34)35-18-14-11-15-19-35/h10-23,27-30,38-39H,24-26H2,1-9H3,(H2,45,46,47,49). The molecule has 4 atom stereocenters. The number of aromatic nitrogens is 1. The number of methoxy groups -OCH3 is 1. The zero-order chi connectivity index (χ0) is 38.1. The Labute approximate surface area is 317 Å². The van der Waals surface area contributed by atoms with E-state index in [2.05, 4.69) is 138 Å². The van der Waals surface area contributed by atoms with E-state index >= 15 is 0 Å². The average Bonchev–Trinajstić information content (AvgIpc) is 3.09. The highest BCUT2D eigenvalue weighted by molar-refractivity contribution is 6.80. The first-order valence-corrected chi connectivity index (χ1v) is 19.9. The van der Waals surface area contributed by atoms with Gasteiger partial charge in [-0.3, -0.25) is 5.32 Å². The number of amides is 2. The normalized spacial score (nSPS) is 14.3. The van der Waals surface area contributed by atoms with Crippen molar-refractivity contribution in [3.8, 4) is 0 Å². The predicted molar refractivity (Wildman–Crippen MR) is 215 cm³/mol. The van der Waals surface area contributed by atoms with E-state index in [-0.39, 0.29) is 34.8 Å². The van der Waals surface area contributed by atoms with Crippen LogP contribution in [-0.2, 0) is 22.0 Å². The monoisotopic (exact) mass is 740 g/mol. The van der Waals surface area contributed by atoms with Crippen LogP contribution in [0.4, 0.5) is 10.6 Å². The van der Waals surface area contributed by atoms with E-state index in [9.17, 15) is 9.59 Å². The van der Waals surface area contributed by atoms with Crippen LogP contribution in [0.1, 0.15) is 83.3 Å². The molecule has 0 spiro atoms. The molecule has 0 fully saturated rings. The molecule has 0 saturated carbocycles. The molecule has 2 amide bonds. The number of hydrogen-bond acceptors (Lipinski definition) is 5. The number of ether oxygens (including phenoxy) is 1. The van der Waals surface area contributed by atoms with Gasteiger partial charge in [0.15, 0.2) is 0 Å². The van der Waals surface area contributed by atoms with E-state index in [1.165, 1.54) is 18.9 Å². The number of halogens is 1. The van der Waals surface area contributed by atoms with E-state index in [1.807, 2.05) is 12.1 Å². The number of carbonyl (C=O) groups excluding carboxylic acids is 2. The first-order valence-electron chi connectivity index (χ1n) is 18.1. The third kappa shape index (κ3) is 11.8. The molecule has 0 aliphatic carbocycles. The van der Waals surface area contributed by atoms with Crippen LogP contribution >= 0.6 is 11.6 Å². The van der Waals surface area contributed by atoms with Gasteiger partial charge >= 0.3 is 12.0 Å². The summed E-state index contributed by atoms with van der Waals surface area (Å²) in [7, 11) is -0.364. The number of esters is 1. The van der Waals surface area contributed by atoms with Crippen LogP contribution in [0.3, 0.4) is 0 Å². The van der Waals surface area contributed by atoms with Crippen molar-refractivity contribution in [2.24, 2.45) is 22.7 Å². The first-order chi connectivity index (χ1) is 24.6. The molecule has 4 rings (SSSR count). The summed E-state index contributed by atoms with van der Waals surface area (Å²) in [5.74, 6) is -0.184. The van der Waals surface area contributed by atoms with Crippen molar-refractivity contribution >= 4 is 48.8 Å². The Morgan fingerprint density at radius 2 is 1.48 bits per heavy atom. The molecule has 0 aliphatic rings. The van der Waals surface area contributed by atoms with Crippen LogP contribution in [0.5, 0.6) is 0 Å². The average molecular weight is 741 g/mol. The van der Waals surface area contributed by atoms with Gasteiger partial charge in [0.25, 0.3) is 9.04 Å². The van der Waals surface area contributed by atoms with Gasteiger partial charge in [-0.1, -0.05) is 133 Å². The maximum Gasteiger partial charge on any atom is 0.339 e. The molecule has 4 unspecified atom stereocenters. The number of nitrogens with zero attached hydrogens (tertiary/aromatic N) is 1. The number of pyridine rings is 1. The quantitative estimate of drug-likeness (QED) is 0.0998. The van der Waals surface area contributed by atoms with E-state index < -0.39 is 21.0 Å². The molecule has 9 heteroatoms. The number of nitrogens with one attached hydrogen (secondary N) is 2. The second kappa shape index (κ2) is 18.2. The molecule has 3 aromatic carbocycles. The zero-order valence-electron chi connectivity index (χ0n) is 32.1. The summed E-state index contributed by atoms with van der Waals surface area (Å²) in [6.07, 6.45) is 3.88. The Hall–Kier alpha value is -3.98. The van der Waals surface area contributed by atoms with Crippen LogP contribution in [0, 0.1) is 22.7 Å².